The van der Waals surface area contributed by atoms with Crippen LogP contribution in [0.3, 0.4) is 0 Å². The van der Waals surface area contributed by atoms with Gasteiger partial charge in [-0.1, -0.05) is 26.0 Å². The van der Waals surface area contributed by atoms with Gasteiger partial charge in [-0.3, -0.25) is 4.99 Å². The largest absolute Gasteiger partial charge is 0.354 e. The van der Waals surface area contributed by atoms with Crippen LogP contribution in [0.2, 0.25) is 0 Å². The molecule has 0 bridgehead atoms. The number of sulfonamides is 1. The van der Waals surface area contributed by atoms with E-state index in [1.807, 2.05) is 0 Å². The third-order valence-electron chi connectivity index (χ3n) is 3.55. The molecule has 6 nitrogen and oxygen atoms in total. The van der Waals surface area contributed by atoms with Gasteiger partial charge < -0.3 is 10.6 Å². The Hall–Kier alpha value is -1.60. The molecule has 1 aromatic rings. The molecule has 3 N–H and O–H groups in total. The molecule has 0 aromatic heterocycles. The van der Waals surface area contributed by atoms with Crippen molar-refractivity contribution in [2.24, 2.45) is 10.9 Å². The maximum atomic E-state index is 11.7. The molecule has 0 heterocycles. The summed E-state index contributed by atoms with van der Waals surface area (Å²) in [6, 6.07) is 7.08. The number of guanidine groups is 1. The first kappa shape index (κ1) is 18.4. The SMILES string of the molecule is CN=C(NCc1ccc(S(=O)(=O)NC)cc1)NC(C)C(C)C. The van der Waals surface area contributed by atoms with Crippen LogP contribution in [0.5, 0.6) is 0 Å². The van der Waals surface area contributed by atoms with Crippen molar-refractivity contribution in [3.05, 3.63) is 29.8 Å². The fraction of sp³-hybridized carbons (Fsp3) is 0.533. The third-order valence-corrected chi connectivity index (χ3v) is 4.98. The van der Waals surface area contributed by atoms with Gasteiger partial charge in [0.05, 0.1) is 4.90 Å². The second kappa shape index (κ2) is 8.14. The van der Waals surface area contributed by atoms with Gasteiger partial charge in [0.25, 0.3) is 0 Å². The molecule has 0 amide bonds. The molecule has 0 saturated carbocycles. The molecule has 7 heteroatoms. The summed E-state index contributed by atoms with van der Waals surface area (Å²) < 4.78 is 25.6. The van der Waals surface area contributed by atoms with E-state index in [2.05, 4.69) is 41.1 Å². The zero-order chi connectivity index (χ0) is 16.8. The summed E-state index contributed by atoms with van der Waals surface area (Å²) in [7, 11) is -0.256. The predicted octanol–water partition coefficient (Wildman–Crippen LogP) is 1.30. The molecular weight excluding hydrogens is 300 g/mol. The fourth-order valence-electron chi connectivity index (χ4n) is 1.67. The zero-order valence-corrected chi connectivity index (χ0v) is 14.7. The normalized spacial score (nSPS) is 14.0. The molecule has 1 rings (SSSR count). The summed E-state index contributed by atoms with van der Waals surface area (Å²) in [6.07, 6.45) is 0. The zero-order valence-electron chi connectivity index (χ0n) is 13.8. The first-order chi connectivity index (χ1) is 10.3. The number of rotatable bonds is 6. The Morgan fingerprint density at radius 2 is 1.77 bits per heavy atom. The number of hydrogen-bond donors (Lipinski definition) is 3. The van der Waals surface area contributed by atoms with E-state index in [-0.39, 0.29) is 4.90 Å². The van der Waals surface area contributed by atoms with Gasteiger partial charge in [-0.2, -0.15) is 0 Å². The maximum absolute atomic E-state index is 11.7. The van der Waals surface area contributed by atoms with Crippen LogP contribution in [0.15, 0.2) is 34.2 Å². The summed E-state index contributed by atoms with van der Waals surface area (Å²) in [5, 5.41) is 6.53. The van der Waals surface area contributed by atoms with Crippen LogP contribution in [0.25, 0.3) is 0 Å². The first-order valence-corrected chi connectivity index (χ1v) is 8.78. The highest BCUT2D eigenvalue weighted by molar-refractivity contribution is 7.89. The van der Waals surface area contributed by atoms with Crippen molar-refractivity contribution in [3.8, 4) is 0 Å². The molecule has 124 valence electrons. The molecule has 0 fully saturated rings. The quantitative estimate of drug-likeness (QED) is 0.544. The molecule has 0 aliphatic rings. The Bertz CT molecular complexity index is 594. The third kappa shape index (κ3) is 5.31. The summed E-state index contributed by atoms with van der Waals surface area (Å²) >= 11 is 0. The van der Waals surface area contributed by atoms with E-state index >= 15 is 0 Å². The van der Waals surface area contributed by atoms with E-state index < -0.39 is 10.0 Å². The smallest absolute Gasteiger partial charge is 0.240 e. The summed E-state index contributed by atoms with van der Waals surface area (Å²) in [5.41, 5.74) is 0.982. The Morgan fingerprint density at radius 1 is 1.18 bits per heavy atom. The number of aliphatic imine (C=N–C) groups is 1. The van der Waals surface area contributed by atoms with Crippen molar-refractivity contribution in [2.45, 2.75) is 38.3 Å². The molecule has 1 unspecified atom stereocenters. The van der Waals surface area contributed by atoms with Crippen LogP contribution in [-0.2, 0) is 16.6 Å². The Labute approximate surface area is 133 Å². The van der Waals surface area contributed by atoms with Crippen molar-refractivity contribution in [3.63, 3.8) is 0 Å². The summed E-state index contributed by atoms with van der Waals surface area (Å²) in [6.45, 7) is 6.97. The van der Waals surface area contributed by atoms with Crippen molar-refractivity contribution in [1.29, 1.82) is 0 Å². The van der Waals surface area contributed by atoms with E-state index in [1.165, 1.54) is 7.05 Å². The van der Waals surface area contributed by atoms with Crippen LogP contribution >= 0.6 is 0 Å². The fourth-order valence-corrected chi connectivity index (χ4v) is 2.40. The van der Waals surface area contributed by atoms with E-state index in [9.17, 15) is 8.42 Å². The molecule has 0 aliphatic heterocycles. The van der Waals surface area contributed by atoms with E-state index in [4.69, 9.17) is 0 Å². The lowest BCUT2D eigenvalue weighted by Gasteiger charge is -2.20. The first-order valence-electron chi connectivity index (χ1n) is 7.29. The average Bonchev–Trinajstić information content (AvgIpc) is 2.51. The van der Waals surface area contributed by atoms with Crippen LogP contribution in [0.1, 0.15) is 26.3 Å². The predicted molar refractivity (Wildman–Crippen MR) is 90.3 cm³/mol. The van der Waals surface area contributed by atoms with Crippen LogP contribution in [-0.4, -0.2) is 34.5 Å². The van der Waals surface area contributed by atoms with Gasteiger partial charge >= 0.3 is 0 Å². The van der Waals surface area contributed by atoms with E-state index in [0.717, 1.165) is 11.5 Å². The molecule has 0 radical (unpaired) electrons. The minimum absolute atomic E-state index is 0.259. The summed E-state index contributed by atoms with van der Waals surface area (Å²) in [5.74, 6) is 1.23. The minimum Gasteiger partial charge on any atom is -0.354 e. The van der Waals surface area contributed by atoms with Gasteiger partial charge in [0.15, 0.2) is 5.96 Å². The highest BCUT2D eigenvalue weighted by atomic mass is 32.2. The van der Waals surface area contributed by atoms with E-state index in [1.54, 1.807) is 31.3 Å². The molecule has 1 aromatic carbocycles. The van der Waals surface area contributed by atoms with Crippen molar-refractivity contribution >= 4 is 16.0 Å². The highest BCUT2D eigenvalue weighted by Crippen LogP contribution is 2.10. The average molecular weight is 326 g/mol. The lowest BCUT2D eigenvalue weighted by Crippen LogP contribution is -2.43. The number of hydrogen-bond acceptors (Lipinski definition) is 3. The van der Waals surface area contributed by atoms with Crippen molar-refractivity contribution in [2.75, 3.05) is 14.1 Å². The van der Waals surface area contributed by atoms with Crippen LogP contribution in [0.4, 0.5) is 0 Å². The van der Waals surface area contributed by atoms with Gasteiger partial charge in [-0.15, -0.1) is 0 Å². The number of benzene rings is 1. The van der Waals surface area contributed by atoms with Crippen LogP contribution < -0.4 is 15.4 Å². The molecule has 22 heavy (non-hydrogen) atoms. The number of nitrogens with one attached hydrogen (secondary N) is 3. The Balaban J connectivity index is 2.65. The monoisotopic (exact) mass is 326 g/mol. The van der Waals surface area contributed by atoms with Crippen LogP contribution in [0, 0.1) is 5.92 Å². The molecular formula is C15H26N4O2S. The van der Waals surface area contributed by atoms with Gasteiger partial charge in [0.1, 0.15) is 0 Å². The maximum Gasteiger partial charge on any atom is 0.240 e. The Kier molecular flexibility index (Phi) is 6.83. The van der Waals surface area contributed by atoms with Gasteiger partial charge in [-0.25, -0.2) is 13.1 Å². The summed E-state index contributed by atoms with van der Waals surface area (Å²) in [4.78, 5) is 4.44. The van der Waals surface area contributed by atoms with E-state index in [0.29, 0.717) is 18.5 Å². The molecule has 0 spiro atoms. The van der Waals surface area contributed by atoms with Crippen molar-refractivity contribution < 1.29 is 8.42 Å². The number of nitrogens with zero attached hydrogens (tertiary/aromatic N) is 1. The van der Waals surface area contributed by atoms with Crippen molar-refractivity contribution in [1.82, 2.24) is 15.4 Å². The Morgan fingerprint density at radius 3 is 2.23 bits per heavy atom. The second-order valence-corrected chi connectivity index (χ2v) is 7.34. The lowest BCUT2D eigenvalue weighted by molar-refractivity contribution is 0.481. The minimum atomic E-state index is -3.38. The van der Waals surface area contributed by atoms with Gasteiger partial charge in [0, 0.05) is 19.6 Å². The van der Waals surface area contributed by atoms with Gasteiger partial charge in [-0.05, 0) is 37.6 Å². The topological polar surface area (TPSA) is 82.6 Å². The van der Waals surface area contributed by atoms with Gasteiger partial charge in [0.2, 0.25) is 10.0 Å². The second-order valence-electron chi connectivity index (χ2n) is 5.45. The molecule has 1 atom stereocenters. The highest BCUT2D eigenvalue weighted by Gasteiger charge is 2.11. The molecule has 0 aliphatic carbocycles. The standard InChI is InChI=1S/C15H26N4O2S/c1-11(2)12(3)19-15(16-4)18-10-13-6-8-14(9-7-13)22(20,21)17-5/h6-9,11-12,17H,10H2,1-5H3,(H2,16,18,19). The lowest BCUT2D eigenvalue weighted by atomic mass is 10.1. The molecule has 0 saturated heterocycles.